The van der Waals surface area contributed by atoms with Crippen LogP contribution in [0.4, 0.5) is 0 Å². The van der Waals surface area contributed by atoms with Crippen molar-refractivity contribution < 1.29 is 14.3 Å². The Labute approximate surface area is 136 Å². The maximum Gasteiger partial charge on any atom is 0.254 e. The molecule has 1 aliphatic heterocycles. The Morgan fingerprint density at radius 3 is 2.96 bits per heavy atom. The second kappa shape index (κ2) is 6.59. The zero-order valence-electron chi connectivity index (χ0n) is 13.7. The number of amides is 1. The molecule has 2 heterocycles. The van der Waals surface area contributed by atoms with E-state index < -0.39 is 6.10 Å². The largest absolute Gasteiger partial charge is 0.467 e. The molecule has 2 aromatic rings. The van der Waals surface area contributed by atoms with Gasteiger partial charge in [0.1, 0.15) is 11.9 Å². The molecular formula is C19H23NO3. The molecule has 1 N–H and O–H groups in total. The van der Waals surface area contributed by atoms with Crippen molar-refractivity contribution in [1.82, 2.24) is 4.90 Å². The second-order valence-electron chi connectivity index (χ2n) is 6.38. The van der Waals surface area contributed by atoms with Gasteiger partial charge in [-0.25, -0.2) is 0 Å². The highest BCUT2D eigenvalue weighted by molar-refractivity contribution is 5.96. The minimum absolute atomic E-state index is 0.0579. The van der Waals surface area contributed by atoms with E-state index in [9.17, 15) is 9.90 Å². The highest BCUT2D eigenvalue weighted by Crippen LogP contribution is 2.29. The summed E-state index contributed by atoms with van der Waals surface area (Å²) >= 11 is 0. The van der Waals surface area contributed by atoms with Gasteiger partial charge in [0.2, 0.25) is 0 Å². The molecule has 0 bridgehead atoms. The molecule has 2 unspecified atom stereocenters. The van der Waals surface area contributed by atoms with Gasteiger partial charge >= 0.3 is 0 Å². The lowest BCUT2D eigenvalue weighted by Gasteiger charge is -2.27. The predicted molar refractivity (Wildman–Crippen MR) is 88.3 cm³/mol. The normalized spacial score (nSPS) is 19.1. The number of hydrogen-bond acceptors (Lipinski definition) is 3. The molecule has 1 aromatic carbocycles. The number of nitrogens with zero attached hydrogens (tertiary/aromatic N) is 1. The summed E-state index contributed by atoms with van der Waals surface area (Å²) in [5.74, 6) is 0.636. The van der Waals surface area contributed by atoms with Gasteiger partial charge in [-0.15, -0.1) is 0 Å². The van der Waals surface area contributed by atoms with Crippen LogP contribution < -0.4 is 0 Å². The van der Waals surface area contributed by atoms with Crippen LogP contribution in [0.25, 0.3) is 0 Å². The number of furan rings is 1. The van der Waals surface area contributed by atoms with Crippen LogP contribution in [-0.4, -0.2) is 28.5 Å². The first kappa shape index (κ1) is 15.8. The highest BCUT2D eigenvalue weighted by atomic mass is 16.4. The van der Waals surface area contributed by atoms with E-state index in [1.807, 2.05) is 36.9 Å². The maximum atomic E-state index is 12.9. The Hall–Kier alpha value is -2.07. The number of aryl methyl sites for hydroxylation is 2. The van der Waals surface area contributed by atoms with Crippen molar-refractivity contribution in [3.05, 3.63) is 59.0 Å². The van der Waals surface area contributed by atoms with Gasteiger partial charge in [-0.05, 0) is 50.5 Å². The molecule has 1 aliphatic rings. The van der Waals surface area contributed by atoms with Crippen molar-refractivity contribution in [3.8, 4) is 0 Å². The number of carbonyl (C=O) groups excluding carboxylic acids is 1. The quantitative estimate of drug-likeness (QED) is 0.938. The molecule has 3 rings (SSSR count). The molecule has 0 aliphatic carbocycles. The third kappa shape index (κ3) is 3.32. The smallest absolute Gasteiger partial charge is 0.254 e. The topological polar surface area (TPSA) is 53.7 Å². The minimum atomic E-state index is -0.665. The summed E-state index contributed by atoms with van der Waals surface area (Å²) in [6.07, 6.45) is 3.32. The fourth-order valence-corrected chi connectivity index (χ4v) is 3.32. The van der Waals surface area contributed by atoms with Crippen LogP contribution in [0.1, 0.15) is 52.6 Å². The summed E-state index contributed by atoms with van der Waals surface area (Å²) in [6, 6.07) is 9.57. The lowest BCUT2D eigenvalue weighted by molar-refractivity contribution is 0.0640. The Bertz CT molecular complexity index is 678. The fraction of sp³-hybridized carbons (Fsp3) is 0.421. The summed E-state index contributed by atoms with van der Waals surface area (Å²) < 4.78 is 5.27. The number of benzene rings is 1. The van der Waals surface area contributed by atoms with Crippen molar-refractivity contribution >= 4 is 5.91 Å². The Kier molecular flexibility index (Phi) is 4.53. The van der Waals surface area contributed by atoms with E-state index in [2.05, 4.69) is 0 Å². The SMILES string of the molecule is Cc1ccc(C)c(C(=O)N2CCCC2CC(O)c2ccco2)c1. The molecule has 1 saturated heterocycles. The van der Waals surface area contributed by atoms with Crippen LogP contribution in [0.2, 0.25) is 0 Å². The average Bonchev–Trinajstić information content (AvgIpc) is 3.20. The lowest BCUT2D eigenvalue weighted by atomic mass is 10.0. The van der Waals surface area contributed by atoms with Gasteiger partial charge in [-0.1, -0.05) is 17.7 Å². The molecule has 4 heteroatoms. The summed E-state index contributed by atoms with van der Waals surface area (Å²) in [5, 5.41) is 10.3. The molecule has 1 aromatic heterocycles. The van der Waals surface area contributed by atoms with Crippen molar-refractivity contribution in [2.24, 2.45) is 0 Å². The van der Waals surface area contributed by atoms with Crippen molar-refractivity contribution in [2.75, 3.05) is 6.54 Å². The van der Waals surface area contributed by atoms with E-state index in [0.717, 1.165) is 36.1 Å². The van der Waals surface area contributed by atoms with Gasteiger partial charge in [-0.2, -0.15) is 0 Å². The molecule has 4 nitrogen and oxygen atoms in total. The molecule has 0 saturated carbocycles. The first-order valence-corrected chi connectivity index (χ1v) is 8.16. The van der Waals surface area contributed by atoms with Crippen LogP contribution >= 0.6 is 0 Å². The first-order chi connectivity index (χ1) is 11.1. The molecule has 0 spiro atoms. The zero-order valence-corrected chi connectivity index (χ0v) is 13.7. The van der Waals surface area contributed by atoms with E-state index in [1.54, 1.807) is 18.4 Å². The molecule has 122 valence electrons. The minimum Gasteiger partial charge on any atom is -0.467 e. The standard InChI is InChI=1S/C19H23NO3/c1-13-7-8-14(2)16(11-13)19(22)20-9-3-5-15(20)12-17(21)18-6-4-10-23-18/h4,6-8,10-11,15,17,21H,3,5,9,12H2,1-2H3. The summed E-state index contributed by atoms with van der Waals surface area (Å²) in [5.41, 5.74) is 2.85. The van der Waals surface area contributed by atoms with Gasteiger partial charge in [0.05, 0.1) is 6.26 Å². The number of carbonyl (C=O) groups is 1. The Morgan fingerprint density at radius 2 is 2.22 bits per heavy atom. The average molecular weight is 313 g/mol. The van der Waals surface area contributed by atoms with Gasteiger partial charge in [-0.3, -0.25) is 4.79 Å². The van der Waals surface area contributed by atoms with Crippen molar-refractivity contribution in [1.29, 1.82) is 0 Å². The van der Waals surface area contributed by atoms with Crippen LogP contribution in [-0.2, 0) is 0 Å². The van der Waals surface area contributed by atoms with Gasteiger partial charge in [0, 0.05) is 24.6 Å². The lowest BCUT2D eigenvalue weighted by Crippen LogP contribution is -2.36. The molecule has 1 amide bonds. The second-order valence-corrected chi connectivity index (χ2v) is 6.38. The fourth-order valence-electron chi connectivity index (χ4n) is 3.32. The third-order valence-electron chi connectivity index (χ3n) is 4.63. The Balaban J connectivity index is 1.76. The van der Waals surface area contributed by atoms with Gasteiger partial charge in [0.25, 0.3) is 5.91 Å². The monoisotopic (exact) mass is 313 g/mol. The molecule has 0 radical (unpaired) electrons. The maximum absolute atomic E-state index is 12.9. The van der Waals surface area contributed by atoms with E-state index in [4.69, 9.17) is 4.42 Å². The summed E-state index contributed by atoms with van der Waals surface area (Å²) in [7, 11) is 0. The Morgan fingerprint density at radius 1 is 1.39 bits per heavy atom. The highest BCUT2D eigenvalue weighted by Gasteiger charge is 2.32. The van der Waals surface area contributed by atoms with Crippen molar-refractivity contribution in [3.63, 3.8) is 0 Å². The molecule has 23 heavy (non-hydrogen) atoms. The molecule has 2 atom stereocenters. The zero-order chi connectivity index (χ0) is 16.4. The number of hydrogen-bond donors (Lipinski definition) is 1. The van der Waals surface area contributed by atoms with Crippen LogP contribution in [0.5, 0.6) is 0 Å². The summed E-state index contributed by atoms with van der Waals surface area (Å²) in [4.78, 5) is 14.8. The first-order valence-electron chi connectivity index (χ1n) is 8.16. The van der Waals surface area contributed by atoms with Crippen LogP contribution in [0, 0.1) is 13.8 Å². The van der Waals surface area contributed by atoms with Gasteiger partial charge < -0.3 is 14.4 Å². The van der Waals surface area contributed by atoms with E-state index in [-0.39, 0.29) is 11.9 Å². The number of rotatable bonds is 4. The predicted octanol–water partition coefficient (Wildman–Crippen LogP) is 3.62. The third-order valence-corrected chi connectivity index (χ3v) is 4.63. The van der Waals surface area contributed by atoms with E-state index in [1.165, 1.54) is 0 Å². The van der Waals surface area contributed by atoms with Gasteiger partial charge in [0.15, 0.2) is 0 Å². The summed E-state index contributed by atoms with van der Waals surface area (Å²) in [6.45, 7) is 4.72. The number of aliphatic hydroxyl groups excluding tert-OH is 1. The number of aliphatic hydroxyl groups is 1. The van der Waals surface area contributed by atoms with E-state index in [0.29, 0.717) is 12.2 Å². The molecule has 1 fully saturated rings. The van der Waals surface area contributed by atoms with E-state index >= 15 is 0 Å². The van der Waals surface area contributed by atoms with Crippen molar-refractivity contribution in [2.45, 2.75) is 45.3 Å². The molecular weight excluding hydrogens is 290 g/mol. The number of likely N-dealkylation sites (tertiary alicyclic amines) is 1. The van der Waals surface area contributed by atoms with Crippen LogP contribution in [0.15, 0.2) is 41.0 Å². The van der Waals surface area contributed by atoms with Crippen LogP contribution in [0.3, 0.4) is 0 Å².